The topological polar surface area (TPSA) is 67.8 Å². The number of alkyl carbamates (subject to hydrolysis) is 1. The van der Waals surface area contributed by atoms with Crippen molar-refractivity contribution in [3.8, 4) is 0 Å². The Labute approximate surface area is 123 Å². The molecule has 1 atom stereocenters. The third-order valence-corrected chi connectivity index (χ3v) is 3.02. The van der Waals surface area contributed by atoms with E-state index in [0.717, 1.165) is 6.42 Å². The van der Waals surface area contributed by atoms with Crippen LogP contribution < -0.4 is 5.32 Å². The number of methoxy groups -OCH3 is 1. The van der Waals surface area contributed by atoms with E-state index in [4.69, 9.17) is 9.47 Å². The van der Waals surface area contributed by atoms with E-state index in [0.29, 0.717) is 25.5 Å². The van der Waals surface area contributed by atoms with E-state index in [1.54, 1.807) is 7.11 Å². The Morgan fingerprint density at radius 2 is 1.90 bits per heavy atom. The van der Waals surface area contributed by atoms with E-state index in [1.165, 1.54) is 0 Å². The van der Waals surface area contributed by atoms with E-state index in [1.807, 2.05) is 20.8 Å². The van der Waals surface area contributed by atoms with Gasteiger partial charge >= 0.3 is 6.09 Å². The van der Waals surface area contributed by atoms with E-state index in [9.17, 15) is 9.90 Å². The molecule has 0 spiro atoms. The van der Waals surface area contributed by atoms with Gasteiger partial charge in [0.25, 0.3) is 0 Å². The second-order valence-electron chi connectivity index (χ2n) is 6.85. The third-order valence-electron chi connectivity index (χ3n) is 3.02. The molecule has 0 saturated carbocycles. The van der Waals surface area contributed by atoms with Gasteiger partial charge in [-0.05, 0) is 39.5 Å². The van der Waals surface area contributed by atoms with Crippen LogP contribution in [0.3, 0.4) is 0 Å². The molecule has 1 amide bonds. The Morgan fingerprint density at radius 1 is 1.30 bits per heavy atom. The molecule has 0 radical (unpaired) electrons. The number of hydrogen-bond acceptors (Lipinski definition) is 4. The Morgan fingerprint density at radius 3 is 2.30 bits per heavy atom. The summed E-state index contributed by atoms with van der Waals surface area (Å²) in [7, 11) is 1.64. The molecule has 0 aliphatic rings. The molecule has 0 bridgehead atoms. The van der Waals surface area contributed by atoms with Crippen LogP contribution >= 0.6 is 0 Å². The van der Waals surface area contributed by atoms with Crippen LogP contribution in [0.15, 0.2) is 0 Å². The second kappa shape index (κ2) is 8.47. The van der Waals surface area contributed by atoms with Crippen LogP contribution in [0.25, 0.3) is 0 Å². The molecule has 1 unspecified atom stereocenters. The highest BCUT2D eigenvalue weighted by Gasteiger charge is 2.31. The molecule has 0 heterocycles. The van der Waals surface area contributed by atoms with Crippen molar-refractivity contribution in [2.24, 2.45) is 11.3 Å². The van der Waals surface area contributed by atoms with Gasteiger partial charge in [-0.3, -0.25) is 0 Å². The van der Waals surface area contributed by atoms with Crippen molar-refractivity contribution >= 4 is 6.09 Å². The highest BCUT2D eigenvalue weighted by atomic mass is 16.6. The van der Waals surface area contributed by atoms with Crippen LogP contribution in [0.1, 0.15) is 47.5 Å². The number of aliphatic hydroxyl groups excluding tert-OH is 1. The number of hydrogen-bond donors (Lipinski definition) is 2. The Balaban J connectivity index is 4.58. The Bertz CT molecular complexity index is 286. The lowest BCUT2D eigenvalue weighted by Gasteiger charge is -2.34. The minimum atomic E-state index is -0.517. The third kappa shape index (κ3) is 8.38. The molecular weight excluding hydrogens is 258 g/mol. The molecule has 120 valence electrons. The quantitative estimate of drug-likeness (QED) is 0.720. The van der Waals surface area contributed by atoms with Gasteiger partial charge in [0.2, 0.25) is 0 Å². The summed E-state index contributed by atoms with van der Waals surface area (Å²) in [4.78, 5) is 11.7. The maximum atomic E-state index is 11.7. The molecule has 0 rings (SSSR count). The van der Waals surface area contributed by atoms with Gasteiger partial charge in [0, 0.05) is 25.7 Å². The SMILES string of the molecule is COCCC(CO)(CNC(=O)OC(C)(C)C)CC(C)C. The number of nitrogens with one attached hydrogen (secondary N) is 1. The van der Waals surface area contributed by atoms with Gasteiger partial charge in [0.15, 0.2) is 0 Å². The molecule has 5 heteroatoms. The number of carbonyl (C=O) groups is 1. The molecular formula is C15H31NO4. The summed E-state index contributed by atoms with van der Waals surface area (Å²) >= 11 is 0. The van der Waals surface area contributed by atoms with Crippen molar-refractivity contribution in [3.63, 3.8) is 0 Å². The van der Waals surface area contributed by atoms with E-state index < -0.39 is 11.7 Å². The molecule has 0 aromatic carbocycles. The summed E-state index contributed by atoms with van der Waals surface area (Å²) in [5, 5.41) is 12.5. The number of amides is 1. The molecule has 0 aromatic rings. The number of rotatable bonds is 8. The van der Waals surface area contributed by atoms with E-state index >= 15 is 0 Å². The Hall–Kier alpha value is -0.810. The van der Waals surface area contributed by atoms with Gasteiger partial charge in [-0.1, -0.05) is 13.8 Å². The molecule has 2 N–H and O–H groups in total. The molecule has 0 aliphatic heterocycles. The predicted octanol–water partition coefficient (Wildman–Crippen LogP) is 2.57. The van der Waals surface area contributed by atoms with Crippen molar-refractivity contribution in [2.75, 3.05) is 26.9 Å². The first-order valence-electron chi connectivity index (χ1n) is 7.21. The maximum Gasteiger partial charge on any atom is 0.407 e. The van der Waals surface area contributed by atoms with Crippen LogP contribution in [-0.4, -0.2) is 43.7 Å². The number of aliphatic hydroxyl groups is 1. The van der Waals surface area contributed by atoms with Crippen LogP contribution in [0.2, 0.25) is 0 Å². The number of carbonyl (C=O) groups excluding carboxylic acids is 1. The predicted molar refractivity (Wildman–Crippen MR) is 79.7 cm³/mol. The summed E-state index contributed by atoms with van der Waals surface area (Å²) in [6.45, 7) is 10.6. The van der Waals surface area contributed by atoms with Crippen molar-refractivity contribution in [2.45, 2.75) is 53.1 Å². The zero-order chi connectivity index (χ0) is 15.8. The van der Waals surface area contributed by atoms with Crippen LogP contribution in [0.4, 0.5) is 4.79 Å². The highest BCUT2D eigenvalue weighted by molar-refractivity contribution is 5.67. The fourth-order valence-electron chi connectivity index (χ4n) is 2.22. The van der Waals surface area contributed by atoms with Gasteiger partial charge < -0.3 is 19.9 Å². The zero-order valence-electron chi connectivity index (χ0n) is 13.8. The van der Waals surface area contributed by atoms with Gasteiger partial charge in [-0.25, -0.2) is 4.79 Å². The summed E-state index contributed by atoms with van der Waals surface area (Å²) in [6, 6.07) is 0. The highest BCUT2D eigenvalue weighted by Crippen LogP contribution is 2.29. The lowest BCUT2D eigenvalue weighted by molar-refractivity contribution is 0.0353. The minimum Gasteiger partial charge on any atom is -0.444 e. The first-order valence-corrected chi connectivity index (χ1v) is 7.21. The van der Waals surface area contributed by atoms with Gasteiger partial charge in [0.05, 0.1) is 6.61 Å². The molecule has 0 aromatic heterocycles. The first kappa shape index (κ1) is 19.2. The van der Waals surface area contributed by atoms with Gasteiger partial charge in [0.1, 0.15) is 5.60 Å². The van der Waals surface area contributed by atoms with E-state index in [-0.39, 0.29) is 12.0 Å². The monoisotopic (exact) mass is 289 g/mol. The van der Waals surface area contributed by atoms with Gasteiger partial charge in [-0.2, -0.15) is 0 Å². The summed E-state index contributed by atoms with van der Waals surface area (Å²) < 4.78 is 10.3. The van der Waals surface area contributed by atoms with Crippen molar-refractivity contribution in [3.05, 3.63) is 0 Å². The van der Waals surface area contributed by atoms with Crippen LogP contribution in [-0.2, 0) is 9.47 Å². The number of ether oxygens (including phenoxy) is 2. The van der Waals surface area contributed by atoms with Crippen LogP contribution in [0, 0.1) is 11.3 Å². The van der Waals surface area contributed by atoms with Gasteiger partial charge in [-0.15, -0.1) is 0 Å². The fraction of sp³-hybridized carbons (Fsp3) is 0.933. The summed E-state index contributed by atoms with van der Waals surface area (Å²) in [5.41, 5.74) is -0.877. The molecule has 0 aliphatic carbocycles. The molecule has 20 heavy (non-hydrogen) atoms. The average molecular weight is 289 g/mol. The average Bonchev–Trinajstić information content (AvgIpc) is 2.30. The standard InChI is InChI=1S/C15H31NO4/c1-12(2)9-15(11-17,7-8-19-6)10-16-13(18)20-14(3,4)5/h12,17H,7-11H2,1-6H3,(H,16,18). The van der Waals surface area contributed by atoms with Crippen molar-refractivity contribution < 1.29 is 19.4 Å². The maximum absolute atomic E-state index is 11.7. The lowest BCUT2D eigenvalue weighted by Crippen LogP contribution is -2.43. The smallest absolute Gasteiger partial charge is 0.407 e. The first-order chi connectivity index (χ1) is 9.14. The zero-order valence-corrected chi connectivity index (χ0v) is 13.8. The minimum absolute atomic E-state index is 0.0182. The molecule has 0 fully saturated rings. The second-order valence-corrected chi connectivity index (χ2v) is 6.85. The summed E-state index contributed by atoms with van der Waals surface area (Å²) in [6.07, 6.45) is 1.08. The van der Waals surface area contributed by atoms with Crippen molar-refractivity contribution in [1.82, 2.24) is 5.32 Å². The largest absolute Gasteiger partial charge is 0.444 e. The van der Waals surface area contributed by atoms with E-state index in [2.05, 4.69) is 19.2 Å². The lowest BCUT2D eigenvalue weighted by atomic mass is 9.78. The Kier molecular flexibility index (Phi) is 8.13. The van der Waals surface area contributed by atoms with Crippen LogP contribution in [0.5, 0.6) is 0 Å². The molecule has 0 saturated heterocycles. The summed E-state index contributed by atoms with van der Waals surface area (Å²) in [5.74, 6) is 0.430. The molecule has 5 nitrogen and oxygen atoms in total. The fourth-order valence-corrected chi connectivity index (χ4v) is 2.22. The van der Waals surface area contributed by atoms with Crippen molar-refractivity contribution in [1.29, 1.82) is 0 Å². The normalized spacial score (nSPS) is 15.0.